The van der Waals surface area contributed by atoms with Gasteiger partial charge in [-0.2, -0.15) is 5.10 Å². The second-order valence-electron chi connectivity index (χ2n) is 5.05. The Kier molecular flexibility index (Phi) is 5.85. The Morgan fingerprint density at radius 3 is 2.52 bits per heavy atom. The number of hydrogen-bond donors (Lipinski definition) is 2. The molecule has 0 aliphatic rings. The molecular formula is C16H23N3OS. The maximum Gasteiger partial charge on any atom is 0.0644 e. The lowest BCUT2D eigenvalue weighted by Gasteiger charge is -2.07. The van der Waals surface area contributed by atoms with Crippen LogP contribution in [0.4, 0.5) is 0 Å². The second-order valence-corrected chi connectivity index (χ2v) is 5.93. The molecule has 0 bridgehead atoms. The van der Waals surface area contributed by atoms with Gasteiger partial charge in [0.1, 0.15) is 0 Å². The molecule has 0 unspecified atom stereocenters. The van der Waals surface area contributed by atoms with Crippen LogP contribution in [0, 0.1) is 13.8 Å². The Hall–Kier alpha value is -1.30. The third kappa shape index (κ3) is 4.09. The lowest BCUT2D eigenvalue weighted by molar-refractivity contribution is 0.267. The Bertz CT molecular complexity index is 578. The van der Waals surface area contributed by atoms with E-state index in [9.17, 15) is 0 Å². The normalized spacial score (nSPS) is 11.0. The molecule has 0 aliphatic heterocycles. The predicted molar refractivity (Wildman–Crippen MR) is 87.6 cm³/mol. The third-order valence-corrected chi connectivity index (χ3v) is 4.38. The van der Waals surface area contributed by atoms with Crippen LogP contribution in [0.15, 0.2) is 29.2 Å². The van der Waals surface area contributed by atoms with Gasteiger partial charge in [-0.25, -0.2) is 0 Å². The maximum atomic E-state index is 9.03. The first-order chi connectivity index (χ1) is 10.2. The second kappa shape index (κ2) is 7.64. The van der Waals surface area contributed by atoms with Crippen LogP contribution in [0.25, 0.3) is 0 Å². The van der Waals surface area contributed by atoms with Crippen LogP contribution in [0.3, 0.4) is 0 Å². The summed E-state index contributed by atoms with van der Waals surface area (Å²) in [7, 11) is 0. The number of aryl methyl sites for hydroxylation is 1. The smallest absolute Gasteiger partial charge is 0.0644 e. The van der Waals surface area contributed by atoms with E-state index >= 15 is 0 Å². The molecular weight excluding hydrogens is 282 g/mol. The number of aliphatic hydroxyl groups excluding tert-OH is 1. The zero-order valence-corrected chi connectivity index (χ0v) is 13.7. The molecule has 2 N–H and O–H groups in total. The van der Waals surface area contributed by atoms with E-state index in [4.69, 9.17) is 5.11 Å². The average molecular weight is 305 g/mol. The Morgan fingerprint density at radius 2 is 1.90 bits per heavy atom. The summed E-state index contributed by atoms with van der Waals surface area (Å²) in [6.45, 7) is 6.40. The van der Waals surface area contributed by atoms with Crippen LogP contribution in [0.2, 0.25) is 0 Å². The number of nitrogens with zero attached hydrogens (tertiary/aromatic N) is 2. The summed E-state index contributed by atoms with van der Waals surface area (Å²) in [4.78, 5) is 1.29. The van der Waals surface area contributed by atoms with Crippen molar-refractivity contribution in [2.24, 2.45) is 0 Å². The summed E-state index contributed by atoms with van der Waals surface area (Å²) >= 11 is 1.76. The van der Waals surface area contributed by atoms with Crippen LogP contribution in [-0.4, -0.2) is 27.7 Å². The monoisotopic (exact) mass is 305 g/mol. The standard InChI is InChI=1S/C16H23N3OS/c1-12-16(13(2)19(18-12)8-9-20)11-17-10-14-4-6-15(21-3)7-5-14/h4-7,17,20H,8-11H2,1-3H3. The van der Waals surface area contributed by atoms with Crippen molar-refractivity contribution in [3.05, 3.63) is 46.8 Å². The van der Waals surface area contributed by atoms with E-state index < -0.39 is 0 Å². The molecule has 0 amide bonds. The lowest BCUT2D eigenvalue weighted by atomic mass is 10.2. The van der Waals surface area contributed by atoms with E-state index in [-0.39, 0.29) is 6.61 Å². The molecule has 0 atom stereocenters. The minimum Gasteiger partial charge on any atom is -0.394 e. The summed E-state index contributed by atoms with van der Waals surface area (Å²) in [5.74, 6) is 0. The molecule has 21 heavy (non-hydrogen) atoms. The molecule has 0 saturated carbocycles. The number of rotatable bonds is 7. The maximum absolute atomic E-state index is 9.03. The summed E-state index contributed by atoms with van der Waals surface area (Å²) in [5, 5.41) is 17.0. The van der Waals surface area contributed by atoms with E-state index in [0.717, 1.165) is 24.5 Å². The van der Waals surface area contributed by atoms with Gasteiger partial charge in [0, 0.05) is 29.2 Å². The molecule has 5 heteroatoms. The molecule has 0 radical (unpaired) electrons. The van der Waals surface area contributed by atoms with E-state index in [0.29, 0.717) is 6.54 Å². The first kappa shape index (κ1) is 16.1. The van der Waals surface area contributed by atoms with Crippen LogP contribution in [0.1, 0.15) is 22.5 Å². The molecule has 0 aliphatic carbocycles. The fraction of sp³-hybridized carbons (Fsp3) is 0.438. The summed E-state index contributed by atoms with van der Waals surface area (Å²) in [6, 6.07) is 8.62. The van der Waals surface area contributed by atoms with Crippen molar-refractivity contribution in [1.29, 1.82) is 0 Å². The zero-order valence-electron chi connectivity index (χ0n) is 12.9. The molecule has 4 nitrogen and oxygen atoms in total. The quantitative estimate of drug-likeness (QED) is 0.772. The van der Waals surface area contributed by atoms with E-state index in [2.05, 4.69) is 47.9 Å². The van der Waals surface area contributed by atoms with Crippen molar-refractivity contribution in [2.45, 2.75) is 38.4 Å². The van der Waals surface area contributed by atoms with Crippen molar-refractivity contribution in [2.75, 3.05) is 12.9 Å². The predicted octanol–water partition coefficient (Wildman–Crippen LogP) is 2.50. The van der Waals surface area contributed by atoms with Crippen molar-refractivity contribution < 1.29 is 5.11 Å². The van der Waals surface area contributed by atoms with Gasteiger partial charge in [0.25, 0.3) is 0 Å². The van der Waals surface area contributed by atoms with Crippen molar-refractivity contribution in [1.82, 2.24) is 15.1 Å². The molecule has 0 spiro atoms. The molecule has 2 aromatic rings. The molecule has 2 rings (SSSR count). The van der Waals surface area contributed by atoms with Crippen LogP contribution >= 0.6 is 11.8 Å². The molecule has 1 aromatic carbocycles. The Morgan fingerprint density at radius 1 is 1.19 bits per heavy atom. The minimum atomic E-state index is 0.122. The van der Waals surface area contributed by atoms with Crippen LogP contribution < -0.4 is 5.32 Å². The highest BCUT2D eigenvalue weighted by atomic mass is 32.2. The fourth-order valence-corrected chi connectivity index (χ4v) is 2.79. The van der Waals surface area contributed by atoms with Gasteiger partial charge in [0.05, 0.1) is 18.8 Å². The van der Waals surface area contributed by atoms with Gasteiger partial charge in [0.15, 0.2) is 0 Å². The topological polar surface area (TPSA) is 50.1 Å². The summed E-state index contributed by atoms with van der Waals surface area (Å²) in [5.41, 5.74) is 4.67. The summed E-state index contributed by atoms with van der Waals surface area (Å²) in [6.07, 6.45) is 2.09. The van der Waals surface area contributed by atoms with E-state index in [1.165, 1.54) is 16.0 Å². The Labute approximate surface area is 130 Å². The third-order valence-electron chi connectivity index (χ3n) is 3.63. The molecule has 1 heterocycles. The van der Waals surface area contributed by atoms with E-state index in [1.807, 2.05) is 11.6 Å². The largest absolute Gasteiger partial charge is 0.394 e. The van der Waals surface area contributed by atoms with E-state index in [1.54, 1.807) is 11.8 Å². The van der Waals surface area contributed by atoms with Crippen molar-refractivity contribution in [3.8, 4) is 0 Å². The van der Waals surface area contributed by atoms with Crippen molar-refractivity contribution in [3.63, 3.8) is 0 Å². The fourth-order valence-electron chi connectivity index (χ4n) is 2.38. The number of aromatic nitrogens is 2. The van der Waals surface area contributed by atoms with Crippen LogP contribution in [0.5, 0.6) is 0 Å². The first-order valence-corrected chi connectivity index (χ1v) is 8.35. The van der Waals surface area contributed by atoms with Gasteiger partial charge in [-0.1, -0.05) is 12.1 Å². The van der Waals surface area contributed by atoms with Gasteiger partial charge >= 0.3 is 0 Å². The van der Waals surface area contributed by atoms with Gasteiger partial charge in [-0.15, -0.1) is 11.8 Å². The van der Waals surface area contributed by atoms with Gasteiger partial charge in [-0.05, 0) is 37.8 Å². The number of aliphatic hydroxyl groups is 1. The molecule has 1 aromatic heterocycles. The lowest BCUT2D eigenvalue weighted by Crippen LogP contribution is -2.14. The SMILES string of the molecule is CSc1ccc(CNCc2c(C)nn(CCO)c2C)cc1. The van der Waals surface area contributed by atoms with Gasteiger partial charge < -0.3 is 10.4 Å². The number of benzene rings is 1. The highest BCUT2D eigenvalue weighted by molar-refractivity contribution is 7.98. The van der Waals surface area contributed by atoms with Crippen molar-refractivity contribution >= 4 is 11.8 Å². The molecule has 0 fully saturated rings. The highest BCUT2D eigenvalue weighted by Crippen LogP contribution is 2.15. The van der Waals surface area contributed by atoms with Crippen LogP contribution in [-0.2, 0) is 19.6 Å². The highest BCUT2D eigenvalue weighted by Gasteiger charge is 2.10. The molecule has 114 valence electrons. The minimum absolute atomic E-state index is 0.122. The number of hydrogen-bond acceptors (Lipinski definition) is 4. The summed E-state index contributed by atoms with van der Waals surface area (Å²) < 4.78 is 1.87. The Balaban J connectivity index is 1.93. The first-order valence-electron chi connectivity index (χ1n) is 7.13. The number of thioether (sulfide) groups is 1. The number of nitrogens with one attached hydrogen (secondary N) is 1. The van der Waals surface area contributed by atoms with Gasteiger partial charge in [0.2, 0.25) is 0 Å². The molecule has 0 saturated heterocycles. The van der Waals surface area contributed by atoms with Gasteiger partial charge in [-0.3, -0.25) is 4.68 Å². The zero-order chi connectivity index (χ0) is 15.2. The average Bonchev–Trinajstić information content (AvgIpc) is 2.76.